The predicted molar refractivity (Wildman–Crippen MR) is 91.1 cm³/mol. The molecular formula is C19H27N2O+. The summed E-state index contributed by atoms with van der Waals surface area (Å²) in [6, 6.07) is 7.03. The summed E-state index contributed by atoms with van der Waals surface area (Å²) >= 11 is 0. The van der Waals surface area contributed by atoms with Crippen LogP contribution in [0.1, 0.15) is 49.3 Å². The standard InChI is InChI=1S/C19H26N2O/c1-12-8-14(3)18-15(9-12)10-16(19(22)21-18)11-20-17-7-5-4-6-13(17)2/h8-10,13,17,20H,4-7,11H2,1-3H3,(H,21,22)/p+1/t13-,17-/m1/s1. The van der Waals surface area contributed by atoms with Gasteiger partial charge in [0.25, 0.3) is 5.56 Å². The lowest BCUT2D eigenvalue weighted by molar-refractivity contribution is -0.712. The molecule has 3 nitrogen and oxygen atoms in total. The average Bonchev–Trinajstić information content (AvgIpc) is 2.47. The molecule has 0 radical (unpaired) electrons. The minimum absolute atomic E-state index is 0.0687. The van der Waals surface area contributed by atoms with Crippen LogP contribution in [0.4, 0.5) is 0 Å². The van der Waals surface area contributed by atoms with Crippen molar-refractivity contribution in [3.63, 3.8) is 0 Å². The van der Waals surface area contributed by atoms with E-state index >= 15 is 0 Å². The second kappa shape index (κ2) is 6.25. The maximum atomic E-state index is 12.3. The number of nitrogens with two attached hydrogens (primary N) is 1. The van der Waals surface area contributed by atoms with Crippen LogP contribution in [0.25, 0.3) is 10.9 Å². The Balaban J connectivity index is 1.84. The highest BCUT2D eigenvalue weighted by molar-refractivity contribution is 5.82. The van der Waals surface area contributed by atoms with Gasteiger partial charge in [-0.15, -0.1) is 0 Å². The number of hydrogen-bond donors (Lipinski definition) is 2. The van der Waals surface area contributed by atoms with Crippen LogP contribution in [0.15, 0.2) is 23.0 Å². The predicted octanol–water partition coefficient (Wildman–Crippen LogP) is 2.79. The zero-order valence-electron chi connectivity index (χ0n) is 13.9. The number of aryl methyl sites for hydroxylation is 2. The first-order valence-corrected chi connectivity index (χ1v) is 8.51. The van der Waals surface area contributed by atoms with Crippen LogP contribution in [0.5, 0.6) is 0 Å². The zero-order chi connectivity index (χ0) is 15.7. The molecule has 118 valence electrons. The Morgan fingerprint density at radius 1 is 1.18 bits per heavy atom. The lowest BCUT2D eigenvalue weighted by Gasteiger charge is -2.26. The summed E-state index contributed by atoms with van der Waals surface area (Å²) in [5.41, 5.74) is 4.33. The van der Waals surface area contributed by atoms with Crippen LogP contribution in [-0.2, 0) is 6.54 Å². The minimum Gasteiger partial charge on any atom is -0.340 e. The van der Waals surface area contributed by atoms with Gasteiger partial charge in [0, 0.05) is 5.92 Å². The summed E-state index contributed by atoms with van der Waals surface area (Å²) in [4.78, 5) is 15.4. The van der Waals surface area contributed by atoms with E-state index in [1.165, 1.54) is 31.2 Å². The maximum Gasteiger partial charge on any atom is 0.257 e. The van der Waals surface area contributed by atoms with Crippen molar-refractivity contribution in [2.24, 2.45) is 5.92 Å². The van der Waals surface area contributed by atoms with E-state index in [1.54, 1.807) is 0 Å². The maximum absolute atomic E-state index is 12.3. The molecule has 2 atom stereocenters. The first kappa shape index (κ1) is 15.3. The molecule has 1 heterocycles. The van der Waals surface area contributed by atoms with Crippen LogP contribution in [0, 0.1) is 19.8 Å². The Kier molecular flexibility index (Phi) is 4.34. The SMILES string of the molecule is Cc1cc(C)c2[nH]c(=O)c(C[NH2+][C@@H]3CCCC[C@H]3C)cc2c1. The number of aromatic amines is 1. The van der Waals surface area contributed by atoms with E-state index in [-0.39, 0.29) is 5.56 Å². The molecule has 1 aliphatic carbocycles. The van der Waals surface area contributed by atoms with Crippen molar-refractivity contribution in [1.82, 2.24) is 4.98 Å². The molecule has 22 heavy (non-hydrogen) atoms. The number of fused-ring (bicyclic) bond motifs is 1. The van der Waals surface area contributed by atoms with Crippen molar-refractivity contribution < 1.29 is 5.32 Å². The van der Waals surface area contributed by atoms with Gasteiger partial charge in [-0.3, -0.25) is 4.79 Å². The van der Waals surface area contributed by atoms with E-state index in [4.69, 9.17) is 0 Å². The van der Waals surface area contributed by atoms with Crippen molar-refractivity contribution in [3.05, 3.63) is 45.2 Å². The highest BCUT2D eigenvalue weighted by Crippen LogP contribution is 2.21. The highest BCUT2D eigenvalue weighted by Gasteiger charge is 2.24. The van der Waals surface area contributed by atoms with Crippen LogP contribution >= 0.6 is 0 Å². The zero-order valence-corrected chi connectivity index (χ0v) is 13.9. The highest BCUT2D eigenvalue weighted by atomic mass is 16.1. The molecule has 0 bridgehead atoms. The Morgan fingerprint density at radius 3 is 2.73 bits per heavy atom. The van der Waals surface area contributed by atoms with Gasteiger partial charge in [-0.1, -0.05) is 25.0 Å². The summed E-state index contributed by atoms with van der Waals surface area (Å²) in [7, 11) is 0. The van der Waals surface area contributed by atoms with E-state index in [0.717, 1.165) is 34.5 Å². The Labute approximate surface area is 132 Å². The summed E-state index contributed by atoms with van der Waals surface area (Å²) in [5.74, 6) is 0.762. The molecule has 1 fully saturated rings. The third-order valence-corrected chi connectivity index (χ3v) is 5.19. The van der Waals surface area contributed by atoms with Gasteiger partial charge in [0.15, 0.2) is 0 Å². The summed E-state index contributed by atoms with van der Waals surface area (Å²) in [5, 5.41) is 3.53. The van der Waals surface area contributed by atoms with Gasteiger partial charge in [-0.05, 0) is 56.2 Å². The summed E-state index contributed by atoms with van der Waals surface area (Å²) < 4.78 is 0. The van der Waals surface area contributed by atoms with Gasteiger partial charge in [0.05, 0.1) is 17.1 Å². The van der Waals surface area contributed by atoms with E-state index in [9.17, 15) is 4.79 Å². The number of hydrogen-bond acceptors (Lipinski definition) is 1. The number of benzene rings is 1. The fourth-order valence-corrected chi connectivity index (χ4v) is 3.86. The first-order chi connectivity index (χ1) is 10.5. The third kappa shape index (κ3) is 3.09. The van der Waals surface area contributed by atoms with Gasteiger partial charge < -0.3 is 10.3 Å². The van der Waals surface area contributed by atoms with Gasteiger partial charge in [0.2, 0.25) is 0 Å². The Morgan fingerprint density at radius 2 is 1.95 bits per heavy atom. The van der Waals surface area contributed by atoms with Crippen LogP contribution in [-0.4, -0.2) is 11.0 Å². The van der Waals surface area contributed by atoms with Crippen molar-refractivity contribution in [2.45, 2.75) is 59.0 Å². The normalized spacial score (nSPS) is 22.1. The fourth-order valence-electron chi connectivity index (χ4n) is 3.86. The fraction of sp³-hybridized carbons (Fsp3) is 0.526. The molecule has 0 spiro atoms. The van der Waals surface area contributed by atoms with Crippen LogP contribution in [0.3, 0.4) is 0 Å². The van der Waals surface area contributed by atoms with Gasteiger partial charge in [-0.25, -0.2) is 0 Å². The average molecular weight is 299 g/mol. The van der Waals surface area contributed by atoms with Crippen molar-refractivity contribution in [2.75, 3.05) is 0 Å². The monoisotopic (exact) mass is 299 g/mol. The molecule has 1 aromatic heterocycles. The van der Waals surface area contributed by atoms with E-state index < -0.39 is 0 Å². The Hall–Kier alpha value is -1.61. The van der Waals surface area contributed by atoms with E-state index in [1.807, 2.05) is 0 Å². The molecule has 1 aromatic carbocycles. The van der Waals surface area contributed by atoms with Gasteiger partial charge >= 0.3 is 0 Å². The van der Waals surface area contributed by atoms with Gasteiger partial charge in [0.1, 0.15) is 6.54 Å². The molecule has 0 saturated heterocycles. The van der Waals surface area contributed by atoms with Crippen molar-refractivity contribution in [3.8, 4) is 0 Å². The third-order valence-electron chi connectivity index (χ3n) is 5.19. The summed E-state index contributed by atoms with van der Waals surface area (Å²) in [6.07, 6.45) is 5.30. The largest absolute Gasteiger partial charge is 0.340 e. The lowest BCUT2D eigenvalue weighted by atomic mass is 9.86. The number of H-pyrrole nitrogens is 1. The first-order valence-electron chi connectivity index (χ1n) is 8.51. The minimum atomic E-state index is 0.0687. The number of pyridine rings is 1. The number of rotatable bonds is 3. The van der Waals surface area contributed by atoms with Crippen molar-refractivity contribution >= 4 is 10.9 Å². The van der Waals surface area contributed by atoms with Gasteiger partial charge in [-0.2, -0.15) is 0 Å². The molecule has 1 saturated carbocycles. The molecule has 3 rings (SSSR count). The lowest BCUT2D eigenvalue weighted by Crippen LogP contribution is -2.90. The molecule has 3 heteroatoms. The Bertz CT molecular complexity index is 732. The van der Waals surface area contributed by atoms with E-state index in [2.05, 4.69) is 49.3 Å². The van der Waals surface area contributed by atoms with Crippen LogP contribution in [0.2, 0.25) is 0 Å². The molecule has 0 aliphatic heterocycles. The molecule has 3 N–H and O–H groups in total. The number of quaternary nitrogens is 1. The molecule has 1 aliphatic rings. The van der Waals surface area contributed by atoms with Crippen molar-refractivity contribution in [1.29, 1.82) is 0 Å². The van der Waals surface area contributed by atoms with E-state index in [0.29, 0.717) is 6.04 Å². The smallest absolute Gasteiger partial charge is 0.257 e. The topological polar surface area (TPSA) is 49.5 Å². The second-order valence-electron chi connectivity index (χ2n) is 7.04. The number of nitrogens with one attached hydrogen (secondary N) is 1. The second-order valence-corrected chi connectivity index (χ2v) is 7.04. The number of aromatic nitrogens is 1. The quantitative estimate of drug-likeness (QED) is 0.899. The summed E-state index contributed by atoms with van der Waals surface area (Å²) in [6.45, 7) is 7.29. The molecule has 0 amide bonds. The molecule has 2 aromatic rings. The molecule has 0 unspecified atom stereocenters. The van der Waals surface area contributed by atoms with Crippen LogP contribution < -0.4 is 10.9 Å². The molecular weight excluding hydrogens is 272 g/mol.